The van der Waals surface area contributed by atoms with Crippen LogP contribution >= 0.6 is 11.3 Å². The average molecular weight is 379 g/mol. The first-order chi connectivity index (χ1) is 12.2. The molecular weight excluding hydrogens is 364 g/mol. The molecule has 136 valence electrons. The van der Waals surface area contributed by atoms with Gasteiger partial charge in [0.2, 0.25) is 0 Å². The highest BCUT2D eigenvalue weighted by Gasteiger charge is 2.43. The molecule has 0 fully saturated rings. The first kappa shape index (κ1) is 16.8. The Hall–Kier alpha value is -2.68. The Labute approximate surface area is 150 Å². The Morgan fingerprint density at radius 1 is 1.27 bits per heavy atom. The van der Waals surface area contributed by atoms with Gasteiger partial charge in [0.05, 0.1) is 11.4 Å². The fraction of sp³-hybridized carbons (Fsp3) is 0.294. The van der Waals surface area contributed by atoms with Crippen molar-refractivity contribution in [3.63, 3.8) is 0 Å². The molecule has 2 N–H and O–H groups in total. The third-order valence-corrected chi connectivity index (χ3v) is 5.35. The molecule has 6 nitrogen and oxygen atoms in total. The molecule has 0 saturated carbocycles. The highest BCUT2D eigenvalue weighted by atomic mass is 32.1. The number of thiophene rings is 1. The van der Waals surface area contributed by atoms with E-state index < -0.39 is 6.29 Å². The zero-order valence-corrected chi connectivity index (χ0v) is 15.0. The number of hydrogen-bond acceptors (Lipinski definition) is 6. The molecule has 1 aliphatic rings. The quantitative estimate of drug-likeness (QED) is 0.717. The van der Waals surface area contributed by atoms with Crippen molar-refractivity contribution in [1.29, 1.82) is 0 Å². The Morgan fingerprint density at radius 2 is 2.00 bits per heavy atom. The van der Waals surface area contributed by atoms with E-state index in [9.17, 15) is 13.6 Å². The molecule has 1 unspecified atom stereocenters. The van der Waals surface area contributed by atoms with Crippen LogP contribution in [0.2, 0.25) is 0 Å². The first-order valence-electron chi connectivity index (χ1n) is 7.90. The summed E-state index contributed by atoms with van der Waals surface area (Å²) in [5.41, 5.74) is 1.28. The van der Waals surface area contributed by atoms with Gasteiger partial charge in [0.15, 0.2) is 11.5 Å². The summed E-state index contributed by atoms with van der Waals surface area (Å²) in [7, 11) is 0. The molecule has 26 heavy (non-hydrogen) atoms. The molecule has 2 aromatic heterocycles. The lowest BCUT2D eigenvalue weighted by Crippen LogP contribution is -2.25. The predicted molar refractivity (Wildman–Crippen MR) is 94.4 cm³/mol. The molecule has 0 amide bonds. The molecule has 1 atom stereocenters. The zero-order chi connectivity index (χ0) is 18.6. The number of halogens is 2. The lowest BCUT2D eigenvalue weighted by atomic mass is 10.2. The van der Waals surface area contributed by atoms with Gasteiger partial charge < -0.3 is 19.8 Å². The fourth-order valence-corrected chi connectivity index (χ4v) is 3.87. The van der Waals surface area contributed by atoms with Gasteiger partial charge in [-0.2, -0.15) is 0 Å². The van der Waals surface area contributed by atoms with Crippen molar-refractivity contribution in [2.75, 3.05) is 5.32 Å². The largest absolute Gasteiger partial charge is 0.586 e. The molecule has 9 heteroatoms. The van der Waals surface area contributed by atoms with E-state index in [0.29, 0.717) is 21.7 Å². The van der Waals surface area contributed by atoms with E-state index in [1.54, 1.807) is 6.07 Å². The minimum absolute atomic E-state index is 0.0225. The number of H-pyrrole nitrogens is 1. The van der Waals surface area contributed by atoms with Gasteiger partial charge in [-0.15, -0.1) is 20.1 Å². The number of nitrogens with one attached hydrogen (secondary N) is 2. The number of aromatic nitrogens is 2. The summed E-state index contributed by atoms with van der Waals surface area (Å²) >= 11 is 1.47. The Kier molecular flexibility index (Phi) is 3.65. The molecule has 0 spiro atoms. The van der Waals surface area contributed by atoms with Crippen LogP contribution in [0.3, 0.4) is 0 Å². The summed E-state index contributed by atoms with van der Waals surface area (Å²) in [6, 6.07) is 4.06. The summed E-state index contributed by atoms with van der Waals surface area (Å²) in [4.78, 5) is 21.4. The maximum absolute atomic E-state index is 13.1. The molecule has 0 radical (unpaired) electrons. The number of aromatic amines is 1. The van der Waals surface area contributed by atoms with Crippen LogP contribution in [-0.2, 0) is 0 Å². The predicted octanol–water partition coefficient (Wildman–Crippen LogP) is 4.10. The van der Waals surface area contributed by atoms with Crippen molar-refractivity contribution in [2.45, 2.75) is 33.1 Å². The van der Waals surface area contributed by atoms with Gasteiger partial charge >= 0.3 is 6.29 Å². The Morgan fingerprint density at radius 3 is 2.77 bits per heavy atom. The van der Waals surface area contributed by atoms with Crippen LogP contribution in [0, 0.1) is 13.8 Å². The standard InChI is InChI=1S/C17H15F2N3O3S/c1-7-9(3)26-16-13(7)15(23)21-14(22-16)8(2)20-10-4-5-11-12(6-10)25-17(18,19)24-11/h4-6,8,20H,1-3H3,(H,21,22,23). The van der Waals surface area contributed by atoms with Crippen LogP contribution in [0.15, 0.2) is 23.0 Å². The second-order valence-electron chi connectivity index (χ2n) is 6.11. The minimum atomic E-state index is -3.65. The molecule has 4 rings (SSSR count). The number of aryl methyl sites for hydroxylation is 2. The van der Waals surface area contributed by atoms with Gasteiger partial charge in [-0.1, -0.05) is 0 Å². The molecule has 0 saturated heterocycles. The number of nitrogens with zero attached hydrogens (tertiary/aromatic N) is 1. The third-order valence-electron chi connectivity index (χ3n) is 4.25. The molecule has 0 bridgehead atoms. The molecule has 1 aromatic carbocycles. The second kappa shape index (κ2) is 5.66. The topological polar surface area (TPSA) is 76.2 Å². The Bertz CT molecular complexity index is 1080. The van der Waals surface area contributed by atoms with Crippen molar-refractivity contribution >= 4 is 27.2 Å². The lowest BCUT2D eigenvalue weighted by Gasteiger charge is -2.14. The van der Waals surface area contributed by atoms with Crippen molar-refractivity contribution in [3.05, 3.63) is 44.8 Å². The van der Waals surface area contributed by atoms with E-state index in [1.165, 1.54) is 23.5 Å². The summed E-state index contributed by atoms with van der Waals surface area (Å²) in [6.07, 6.45) is -3.65. The number of rotatable bonds is 3. The maximum Gasteiger partial charge on any atom is 0.586 e. The van der Waals surface area contributed by atoms with Gasteiger partial charge in [-0.3, -0.25) is 4.79 Å². The SMILES string of the molecule is Cc1sc2nc(C(C)Nc3ccc4c(c3)OC(F)(F)O4)[nH]c(=O)c2c1C. The first-order valence-corrected chi connectivity index (χ1v) is 8.71. The smallest absolute Gasteiger partial charge is 0.395 e. The summed E-state index contributed by atoms with van der Waals surface area (Å²) in [6.45, 7) is 5.66. The molecular formula is C17H15F2N3O3S. The fourth-order valence-electron chi connectivity index (χ4n) is 2.83. The summed E-state index contributed by atoms with van der Waals surface area (Å²) < 4.78 is 35.0. The van der Waals surface area contributed by atoms with E-state index in [2.05, 4.69) is 24.8 Å². The summed E-state index contributed by atoms with van der Waals surface area (Å²) in [5, 5.41) is 3.73. The number of anilines is 1. The monoisotopic (exact) mass is 379 g/mol. The van der Waals surface area contributed by atoms with Gasteiger partial charge in [0, 0.05) is 16.6 Å². The van der Waals surface area contributed by atoms with Crippen LogP contribution < -0.4 is 20.3 Å². The maximum atomic E-state index is 13.1. The van der Waals surface area contributed by atoms with Crippen molar-refractivity contribution < 1.29 is 18.3 Å². The zero-order valence-electron chi connectivity index (χ0n) is 14.1. The highest BCUT2D eigenvalue weighted by Crippen LogP contribution is 2.42. The van der Waals surface area contributed by atoms with Crippen LogP contribution in [0.1, 0.15) is 29.2 Å². The van der Waals surface area contributed by atoms with Gasteiger partial charge in [0.25, 0.3) is 5.56 Å². The third kappa shape index (κ3) is 2.78. The van der Waals surface area contributed by atoms with Gasteiger partial charge in [0.1, 0.15) is 10.7 Å². The number of alkyl halides is 2. The van der Waals surface area contributed by atoms with Crippen LogP contribution in [0.4, 0.5) is 14.5 Å². The lowest BCUT2D eigenvalue weighted by molar-refractivity contribution is -0.286. The molecule has 1 aliphatic heterocycles. The highest BCUT2D eigenvalue weighted by molar-refractivity contribution is 7.18. The number of benzene rings is 1. The van der Waals surface area contributed by atoms with E-state index in [1.807, 2.05) is 20.8 Å². The van der Waals surface area contributed by atoms with Crippen molar-refractivity contribution in [3.8, 4) is 11.5 Å². The molecule has 0 aliphatic carbocycles. The van der Waals surface area contributed by atoms with Crippen molar-refractivity contribution in [2.24, 2.45) is 0 Å². The van der Waals surface area contributed by atoms with Crippen molar-refractivity contribution in [1.82, 2.24) is 9.97 Å². The van der Waals surface area contributed by atoms with E-state index in [4.69, 9.17) is 0 Å². The molecule has 3 heterocycles. The normalized spacial score (nSPS) is 16.0. The van der Waals surface area contributed by atoms with Gasteiger partial charge in [-0.25, -0.2) is 4.98 Å². The minimum Gasteiger partial charge on any atom is -0.395 e. The van der Waals surface area contributed by atoms with E-state index >= 15 is 0 Å². The van der Waals surface area contributed by atoms with Gasteiger partial charge in [-0.05, 0) is 38.5 Å². The average Bonchev–Trinajstić information content (AvgIpc) is 3.01. The van der Waals surface area contributed by atoms with Crippen LogP contribution in [0.5, 0.6) is 11.5 Å². The number of fused-ring (bicyclic) bond motifs is 2. The van der Waals surface area contributed by atoms with Crippen LogP contribution in [-0.4, -0.2) is 16.3 Å². The second-order valence-corrected chi connectivity index (χ2v) is 7.31. The molecule has 3 aromatic rings. The van der Waals surface area contributed by atoms with Crippen LogP contribution in [0.25, 0.3) is 10.2 Å². The number of ether oxygens (including phenoxy) is 2. The number of hydrogen-bond donors (Lipinski definition) is 2. The van der Waals surface area contributed by atoms with E-state index in [0.717, 1.165) is 10.4 Å². The van der Waals surface area contributed by atoms with E-state index in [-0.39, 0.29) is 23.1 Å². The Balaban J connectivity index is 1.62. The summed E-state index contributed by atoms with van der Waals surface area (Å²) in [5.74, 6) is 0.394.